The van der Waals surface area contributed by atoms with Crippen LogP contribution in [0.3, 0.4) is 0 Å². The lowest BCUT2D eigenvalue weighted by Gasteiger charge is -2.15. The molecule has 14 heavy (non-hydrogen) atoms. The molecule has 1 atom stereocenters. The summed E-state index contributed by atoms with van der Waals surface area (Å²) in [5, 5.41) is 0.0144. The Balaban J connectivity index is 3.07. The summed E-state index contributed by atoms with van der Waals surface area (Å²) >= 11 is 6.25. The monoisotopic (exact) mass is 214 g/mol. The Kier molecular flexibility index (Phi) is 3.94. The minimum Gasteiger partial charge on any atom is -0.207 e. The van der Waals surface area contributed by atoms with Crippen LogP contribution in [0.15, 0.2) is 12.1 Å². The number of alkyl halides is 1. The molecular weight excluding hydrogens is 199 g/mol. The summed E-state index contributed by atoms with van der Waals surface area (Å²) in [6.45, 7) is 5.93. The minimum atomic E-state index is -0.177. The molecule has 1 unspecified atom stereocenters. The molecule has 0 amide bonds. The summed E-state index contributed by atoms with van der Waals surface area (Å²) in [6.07, 6.45) is 1.99. The van der Waals surface area contributed by atoms with Crippen LogP contribution in [-0.2, 0) is 0 Å². The molecule has 0 bridgehead atoms. The van der Waals surface area contributed by atoms with E-state index in [0.717, 1.165) is 29.5 Å². The van der Waals surface area contributed by atoms with E-state index in [1.165, 1.54) is 0 Å². The van der Waals surface area contributed by atoms with Crippen molar-refractivity contribution >= 4 is 11.6 Å². The predicted octanol–water partition coefficient (Wildman–Crippen LogP) is 4.52. The average molecular weight is 215 g/mol. The highest BCUT2D eigenvalue weighted by atomic mass is 35.5. The third-order valence-corrected chi connectivity index (χ3v) is 2.85. The molecule has 0 heterocycles. The van der Waals surface area contributed by atoms with Gasteiger partial charge in [-0.25, -0.2) is 4.39 Å². The lowest BCUT2D eigenvalue weighted by atomic mass is 9.97. The third-order valence-electron chi connectivity index (χ3n) is 2.41. The van der Waals surface area contributed by atoms with E-state index in [0.29, 0.717) is 0 Å². The van der Waals surface area contributed by atoms with Gasteiger partial charge >= 0.3 is 0 Å². The Labute approximate surface area is 90.1 Å². The second kappa shape index (κ2) is 4.79. The zero-order valence-electron chi connectivity index (χ0n) is 8.90. The maximum absolute atomic E-state index is 13.0. The molecule has 0 aliphatic rings. The van der Waals surface area contributed by atoms with Gasteiger partial charge in [-0.3, -0.25) is 0 Å². The second-order valence-corrected chi connectivity index (χ2v) is 4.24. The lowest BCUT2D eigenvalue weighted by molar-refractivity contribution is 0.623. The molecule has 0 spiro atoms. The van der Waals surface area contributed by atoms with Gasteiger partial charge in [0.1, 0.15) is 5.82 Å². The Bertz CT molecular complexity index is 297. The van der Waals surface area contributed by atoms with E-state index in [1.54, 1.807) is 12.1 Å². The summed E-state index contributed by atoms with van der Waals surface area (Å²) in [7, 11) is 0. The van der Waals surface area contributed by atoms with Crippen molar-refractivity contribution in [3.63, 3.8) is 0 Å². The number of benzene rings is 1. The molecule has 0 saturated carbocycles. The van der Waals surface area contributed by atoms with Gasteiger partial charge < -0.3 is 0 Å². The molecule has 1 aromatic rings. The van der Waals surface area contributed by atoms with Crippen LogP contribution in [0, 0.1) is 19.7 Å². The third kappa shape index (κ3) is 2.48. The zero-order valence-corrected chi connectivity index (χ0v) is 9.66. The van der Waals surface area contributed by atoms with Crippen molar-refractivity contribution < 1.29 is 4.39 Å². The van der Waals surface area contributed by atoms with E-state index < -0.39 is 0 Å². The van der Waals surface area contributed by atoms with Crippen LogP contribution in [0.2, 0.25) is 0 Å². The maximum atomic E-state index is 13.0. The number of hydrogen-bond donors (Lipinski definition) is 0. The van der Waals surface area contributed by atoms with Gasteiger partial charge in [0.05, 0.1) is 5.38 Å². The molecule has 1 rings (SSSR count). The first-order valence-electron chi connectivity index (χ1n) is 4.97. The van der Waals surface area contributed by atoms with Gasteiger partial charge in [-0.05, 0) is 49.1 Å². The smallest absolute Gasteiger partial charge is 0.123 e. The van der Waals surface area contributed by atoms with Gasteiger partial charge in [0.2, 0.25) is 0 Å². The topological polar surface area (TPSA) is 0 Å². The van der Waals surface area contributed by atoms with E-state index in [1.807, 2.05) is 13.8 Å². The van der Waals surface area contributed by atoms with Crippen molar-refractivity contribution in [2.24, 2.45) is 0 Å². The van der Waals surface area contributed by atoms with Crippen LogP contribution in [0.25, 0.3) is 0 Å². The van der Waals surface area contributed by atoms with Gasteiger partial charge in [0.15, 0.2) is 0 Å². The molecule has 0 radical (unpaired) electrons. The van der Waals surface area contributed by atoms with Gasteiger partial charge in [0.25, 0.3) is 0 Å². The Morgan fingerprint density at radius 1 is 1.29 bits per heavy atom. The molecule has 2 heteroatoms. The number of hydrogen-bond acceptors (Lipinski definition) is 0. The van der Waals surface area contributed by atoms with Crippen LogP contribution < -0.4 is 0 Å². The first-order chi connectivity index (χ1) is 6.56. The van der Waals surface area contributed by atoms with Gasteiger partial charge in [-0.1, -0.05) is 13.3 Å². The number of aryl methyl sites for hydroxylation is 2. The van der Waals surface area contributed by atoms with Crippen LogP contribution in [0.5, 0.6) is 0 Å². The fraction of sp³-hybridized carbons (Fsp3) is 0.500. The Morgan fingerprint density at radius 3 is 2.21 bits per heavy atom. The van der Waals surface area contributed by atoms with Crippen LogP contribution in [0.1, 0.15) is 41.8 Å². The summed E-state index contributed by atoms with van der Waals surface area (Å²) in [5.74, 6) is -0.177. The molecule has 0 aromatic heterocycles. The number of rotatable bonds is 3. The molecule has 0 fully saturated rings. The molecule has 0 saturated heterocycles. The largest absolute Gasteiger partial charge is 0.207 e. The zero-order chi connectivity index (χ0) is 10.7. The highest BCUT2D eigenvalue weighted by Gasteiger charge is 2.13. The predicted molar refractivity (Wildman–Crippen MR) is 59.4 cm³/mol. The van der Waals surface area contributed by atoms with Gasteiger partial charge in [0, 0.05) is 0 Å². The summed E-state index contributed by atoms with van der Waals surface area (Å²) in [4.78, 5) is 0. The molecule has 0 nitrogen and oxygen atoms in total. The average Bonchev–Trinajstić information content (AvgIpc) is 2.01. The highest BCUT2D eigenvalue weighted by Crippen LogP contribution is 2.31. The van der Waals surface area contributed by atoms with Crippen molar-refractivity contribution in [2.45, 2.75) is 39.0 Å². The molecule has 78 valence electrons. The summed E-state index contributed by atoms with van der Waals surface area (Å²) in [6, 6.07) is 3.10. The first-order valence-corrected chi connectivity index (χ1v) is 5.40. The molecule has 0 aliphatic heterocycles. The molecule has 0 N–H and O–H groups in total. The van der Waals surface area contributed by atoms with E-state index in [9.17, 15) is 4.39 Å². The Morgan fingerprint density at radius 2 is 1.79 bits per heavy atom. The van der Waals surface area contributed by atoms with Crippen LogP contribution >= 0.6 is 11.6 Å². The van der Waals surface area contributed by atoms with Crippen molar-refractivity contribution in [1.82, 2.24) is 0 Å². The van der Waals surface area contributed by atoms with E-state index in [4.69, 9.17) is 11.6 Å². The van der Waals surface area contributed by atoms with Crippen molar-refractivity contribution in [2.75, 3.05) is 0 Å². The first kappa shape index (κ1) is 11.5. The van der Waals surface area contributed by atoms with Gasteiger partial charge in [-0.2, -0.15) is 0 Å². The normalized spacial score (nSPS) is 12.9. The van der Waals surface area contributed by atoms with E-state index in [2.05, 4.69) is 6.92 Å². The lowest BCUT2D eigenvalue weighted by Crippen LogP contribution is -1.98. The van der Waals surface area contributed by atoms with Crippen molar-refractivity contribution in [3.8, 4) is 0 Å². The highest BCUT2D eigenvalue weighted by molar-refractivity contribution is 6.21. The van der Waals surface area contributed by atoms with Gasteiger partial charge in [-0.15, -0.1) is 11.6 Å². The fourth-order valence-electron chi connectivity index (χ4n) is 1.81. The minimum absolute atomic E-state index is 0.0144. The quantitative estimate of drug-likeness (QED) is 0.649. The van der Waals surface area contributed by atoms with Crippen LogP contribution in [-0.4, -0.2) is 0 Å². The number of halogens is 2. The second-order valence-electron chi connectivity index (χ2n) is 3.71. The SMILES string of the molecule is CCCC(Cl)c1c(C)cc(F)cc1C. The summed E-state index contributed by atoms with van der Waals surface area (Å²) in [5.41, 5.74) is 3.00. The van der Waals surface area contributed by atoms with Crippen molar-refractivity contribution in [3.05, 3.63) is 34.6 Å². The van der Waals surface area contributed by atoms with Crippen molar-refractivity contribution in [1.29, 1.82) is 0 Å². The molecule has 1 aromatic carbocycles. The van der Waals surface area contributed by atoms with E-state index >= 15 is 0 Å². The maximum Gasteiger partial charge on any atom is 0.123 e. The fourth-order valence-corrected chi connectivity index (χ4v) is 2.38. The van der Waals surface area contributed by atoms with Crippen LogP contribution in [0.4, 0.5) is 4.39 Å². The summed E-state index contributed by atoms with van der Waals surface area (Å²) < 4.78 is 13.0. The molecule has 0 aliphatic carbocycles. The van der Waals surface area contributed by atoms with E-state index in [-0.39, 0.29) is 11.2 Å². The standard InChI is InChI=1S/C12H16ClF/c1-4-5-11(13)12-8(2)6-10(14)7-9(12)3/h6-7,11H,4-5H2,1-3H3. The Hall–Kier alpha value is -0.560. The molecular formula is C12H16ClF.